The molecule has 0 spiro atoms. The van der Waals surface area contributed by atoms with Gasteiger partial charge in [-0.15, -0.1) is 0 Å². The molecule has 5 nitrogen and oxygen atoms in total. The van der Waals surface area contributed by atoms with Crippen LogP contribution in [-0.4, -0.2) is 26.8 Å². The summed E-state index contributed by atoms with van der Waals surface area (Å²) in [4.78, 5) is 7.62. The molecule has 0 bridgehead atoms. The van der Waals surface area contributed by atoms with Crippen molar-refractivity contribution < 1.29 is 10.3 Å². The molecular weight excluding hydrogens is 158 g/mol. The van der Waals surface area contributed by atoms with Crippen molar-refractivity contribution in [2.24, 2.45) is 0 Å². The highest BCUT2D eigenvalue weighted by atomic mass is 16.5. The molecule has 12 heavy (non-hydrogen) atoms. The minimum atomic E-state index is 0.0837. The van der Waals surface area contributed by atoms with Crippen LogP contribution in [0, 0.1) is 0 Å². The van der Waals surface area contributed by atoms with Crippen molar-refractivity contribution in [3.05, 3.63) is 24.0 Å². The maximum atomic E-state index is 9.28. The minimum Gasteiger partial charge on any atom is -0.510 e. The van der Waals surface area contributed by atoms with Crippen LogP contribution in [0.15, 0.2) is 18.3 Å². The highest BCUT2D eigenvalue weighted by Crippen LogP contribution is 2.22. The summed E-state index contributed by atoms with van der Waals surface area (Å²) in [6, 6.07) is 0. The second-order valence-corrected chi connectivity index (χ2v) is 2.49. The normalized spacial score (nSPS) is 15.4. The molecule has 0 radical (unpaired) electrons. The maximum absolute atomic E-state index is 9.28. The van der Waals surface area contributed by atoms with Crippen LogP contribution in [0.25, 0.3) is 6.08 Å². The maximum Gasteiger partial charge on any atom is 0.116 e. The first-order chi connectivity index (χ1) is 5.77. The molecule has 0 fully saturated rings. The van der Waals surface area contributed by atoms with E-state index in [0.29, 0.717) is 11.4 Å². The van der Waals surface area contributed by atoms with E-state index in [0.717, 1.165) is 5.06 Å². The van der Waals surface area contributed by atoms with Crippen molar-refractivity contribution in [1.29, 1.82) is 0 Å². The molecule has 2 rings (SSSR count). The average Bonchev–Trinajstić information content (AvgIpc) is 2.04. The fraction of sp³-hybridized carbons (Fsp3) is 0.143. The first-order valence-electron chi connectivity index (χ1n) is 3.43. The number of hydrogen-bond acceptors (Lipinski definition) is 5. The Kier molecular flexibility index (Phi) is 1.44. The summed E-state index contributed by atoms with van der Waals surface area (Å²) in [7, 11) is 0. The number of anilines is 1. The van der Waals surface area contributed by atoms with Gasteiger partial charge in [-0.25, -0.2) is 15.0 Å². The number of rotatable bonds is 0. The standard InChI is InChI=1S/C7H7N3O2/c11-5-1-6-7(10(12)3-5)2-8-4-9-6/h1-2,4,11-12H,3H2. The molecule has 2 heterocycles. The van der Waals surface area contributed by atoms with E-state index < -0.39 is 0 Å². The van der Waals surface area contributed by atoms with Gasteiger partial charge in [0.05, 0.1) is 11.9 Å². The molecule has 0 unspecified atom stereocenters. The van der Waals surface area contributed by atoms with Crippen LogP contribution in [0.5, 0.6) is 0 Å². The summed E-state index contributed by atoms with van der Waals surface area (Å²) in [5, 5.41) is 19.3. The number of hydroxylamine groups is 1. The third-order valence-electron chi connectivity index (χ3n) is 1.62. The molecule has 0 amide bonds. The summed E-state index contributed by atoms with van der Waals surface area (Å²) in [6.07, 6.45) is 4.36. The predicted molar refractivity (Wildman–Crippen MR) is 41.8 cm³/mol. The number of hydrogen-bond donors (Lipinski definition) is 2. The Morgan fingerprint density at radius 1 is 1.50 bits per heavy atom. The van der Waals surface area contributed by atoms with Crippen molar-refractivity contribution in [3.63, 3.8) is 0 Å². The van der Waals surface area contributed by atoms with Gasteiger partial charge in [0.2, 0.25) is 0 Å². The summed E-state index contributed by atoms with van der Waals surface area (Å²) in [6.45, 7) is 0.0837. The number of aliphatic hydroxyl groups excluding tert-OH is 1. The topological polar surface area (TPSA) is 69.5 Å². The van der Waals surface area contributed by atoms with Gasteiger partial charge in [0.1, 0.15) is 24.3 Å². The van der Waals surface area contributed by atoms with Crippen molar-refractivity contribution in [2.45, 2.75) is 0 Å². The summed E-state index contributed by atoms with van der Waals surface area (Å²) < 4.78 is 0. The SMILES string of the molecule is OC1=Cc2ncncc2N(O)C1. The second kappa shape index (κ2) is 2.46. The van der Waals surface area contributed by atoms with Crippen LogP contribution < -0.4 is 5.06 Å². The van der Waals surface area contributed by atoms with Crippen LogP contribution in [-0.2, 0) is 0 Å². The Bertz CT molecular complexity index is 337. The van der Waals surface area contributed by atoms with E-state index in [1.54, 1.807) is 0 Å². The zero-order chi connectivity index (χ0) is 8.55. The number of nitrogens with zero attached hydrogens (tertiary/aromatic N) is 3. The van der Waals surface area contributed by atoms with E-state index in [4.69, 9.17) is 5.11 Å². The highest BCUT2D eigenvalue weighted by molar-refractivity contribution is 5.66. The van der Waals surface area contributed by atoms with E-state index in [2.05, 4.69) is 9.97 Å². The van der Waals surface area contributed by atoms with Crippen molar-refractivity contribution in [1.82, 2.24) is 9.97 Å². The van der Waals surface area contributed by atoms with Gasteiger partial charge in [0.25, 0.3) is 0 Å². The van der Waals surface area contributed by atoms with Gasteiger partial charge in [-0.1, -0.05) is 0 Å². The smallest absolute Gasteiger partial charge is 0.116 e. The number of aliphatic hydroxyl groups is 1. The lowest BCUT2D eigenvalue weighted by Gasteiger charge is -2.21. The lowest BCUT2D eigenvalue weighted by Crippen LogP contribution is -2.25. The van der Waals surface area contributed by atoms with Crippen LogP contribution in [0.3, 0.4) is 0 Å². The van der Waals surface area contributed by atoms with Gasteiger partial charge in [0.15, 0.2) is 0 Å². The van der Waals surface area contributed by atoms with Crippen molar-refractivity contribution in [3.8, 4) is 0 Å². The summed E-state index contributed by atoms with van der Waals surface area (Å²) in [5.41, 5.74) is 1.03. The van der Waals surface area contributed by atoms with Crippen LogP contribution in [0.1, 0.15) is 5.69 Å². The summed E-state index contributed by atoms with van der Waals surface area (Å²) >= 11 is 0. The van der Waals surface area contributed by atoms with Gasteiger partial charge in [-0.2, -0.15) is 0 Å². The molecule has 62 valence electrons. The summed E-state index contributed by atoms with van der Waals surface area (Å²) in [5.74, 6) is 0.0868. The fourth-order valence-electron chi connectivity index (χ4n) is 1.08. The first-order valence-corrected chi connectivity index (χ1v) is 3.43. The predicted octanol–water partition coefficient (Wildman–Crippen LogP) is 0.585. The van der Waals surface area contributed by atoms with Crippen molar-refractivity contribution in [2.75, 3.05) is 11.6 Å². The van der Waals surface area contributed by atoms with Gasteiger partial charge in [-0.3, -0.25) is 5.21 Å². The Morgan fingerprint density at radius 2 is 2.33 bits per heavy atom. The molecule has 0 atom stereocenters. The van der Waals surface area contributed by atoms with Gasteiger partial charge in [-0.05, 0) is 0 Å². The zero-order valence-electron chi connectivity index (χ0n) is 6.18. The first kappa shape index (κ1) is 7.05. The third-order valence-corrected chi connectivity index (χ3v) is 1.62. The number of aromatic nitrogens is 2. The fourth-order valence-corrected chi connectivity index (χ4v) is 1.08. The van der Waals surface area contributed by atoms with Crippen LogP contribution in [0.4, 0.5) is 5.69 Å². The average molecular weight is 165 g/mol. The van der Waals surface area contributed by atoms with E-state index in [-0.39, 0.29) is 12.3 Å². The number of fused-ring (bicyclic) bond motifs is 1. The highest BCUT2D eigenvalue weighted by Gasteiger charge is 2.16. The van der Waals surface area contributed by atoms with Crippen molar-refractivity contribution >= 4 is 11.8 Å². The van der Waals surface area contributed by atoms with Crippen LogP contribution in [0.2, 0.25) is 0 Å². The third kappa shape index (κ3) is 0.998. The van der Waals surface area contributed by atoms with Gasteiger partial charge < -0.3 is 5.11 Å². The molecule has 1 aromatic rings. The Balaban J connectivity index is 2.55. The van der Waals surface area contributed by atoms with Crippen LogP contribution >= 0.6 is 0 Å². The van der Waals surface area contributed by atoms with E-state index in [1.165, 1.54) is 18.6 Å². The molecule has 2 N–H and O–H groups in total. The quantitative estimate of drug-likeness (QED) is 0.588. The Labute approximate surface area is 68.6 Å². The molecule has 0 saturated carbocycles. The lowest BCUT2D eigenvalue weighted by molar-refractivity contribution is 0.241. The molecule has 1 aromatic heterocycles. The molecule has 5 heteroatoms. The second-order valence-electron chi connectivity index (χ2n) is 2.49. The van der Waals surface area contributed by atoms with E-state index in [1.807, 2.05) is 0 Å². The molecular formula is C7H7N3O2. The molecule has 1 aliphatic heterocycles. The monoisotopic (exact) mass is 165 g/mol. The minimum absolute atomic E-state index is 0.0837. The molecule has 1 aliphatic rings. The van der Waals surface area contributed by atoms with Gasteiger partial charge >= 0.3 is 0 Å². The lowest BCUT2D eigenvalue weighted by atomic mass is 10.2. The molecule has 0 saturated heterocycles. The van der Waals surface area contributed by atoms with E-state index >= 15 is 0 Å². The molecule has 0 aromatic carbocycles. The largest absolute Gasteiger partial charge is 0.510 e. The Morgan fingerprint density at radius 3 is 3.17 bits per heavy atom. The molecule has 0 aliphatic carbocycles. The van der Waals surface area contributed by atoms with E-state index in [9.17, 15) is 5.21 Å². The Hall–Kier alpha value is -1.62. The zero-order valence-corrected chi connectivity index (χ0v) is 6.18. The van der Waals surface area contributed by atoms with Gasteiger partial charge in [0, 0.05) is 6.08 Å².